The highest BCUT2D eigenvalue weighted by Crippen LogP contribution is 2.26. The number of nitrogens with one attached hydrogen (secondary N) is 1. The smallest absolute Gasteiger partial charge is 0.337 e. The van der Waals surface area contributed by atoms with Crippen molar-refractivity contribution in [2.24, 2.45) is 5.73 Å². The molecule has 19 heavy (non-hydrogen) atoms. The van der Waals surface area contributed by atoms with Crippen molar-refractivity contribution in [2.75, 3.05) is 32.9 Å². The normalized spacial score (nSPS) is 9.84. The average molecular weight is 268 g/mol. The van der Waals surface area contributed by atoms with Gasteiger partial charge in [0.05, 0.1) is 24.9 Å². The number of rotatable bonds is 6. The van der Waals surface area contributed by atoms with E-state index < -0.39 is 5.97 Å². The van der Waals surface area contributed by atoms with Crippen LogP contribution in [0.2, 0.25) is 0 Å². The molecule has 1 aromatic carbocycles. The van der Waals surface area contributed by atoms with Gasteiger partial charge < -0.3 is 25.3 Å². The third-order valence-electron chi connectivity index (χ3n) is 2.19. The van der Waals surface area contributed by atoms with Crippen LogP contribution in [0.25, 0.3) is 0 Å². The highest BCUT2D eigenvalue weighted by atomic mass is 16.7. The third-order valence-corrected chi connectivity index (χ3v) is 2.19. The molecule has 0 fully saturated rings. The predicted molar refractivity (Wildman–Crippen MR) is 68.0 cm³/mol. The summed E-state index contributed by atoms with van der Waals surface area (Å²) in [6.07, 6.45) is 0. The van der Waals surface area contributed by atoms with E-state index >= 15 is 0 Å². The van der Waals surface area contributed by atoms with Crippen molar-refractivity contribution in [3.63, 3.8) is 0 Å². The molecule has 0 aromatic heterocycles. The van der Waals surface area contributed by atoms with Crippen molar-refractivity contribution in [2.45, 2.75) is 0 Å². The van der Waals surface area contributed by atoms with Gasteiger partial charge in [-0.05, 0) is 18.2 Å². The Bertz CT molecular complexity index is 461. The molecule has 7 nitrogen and oxygen atoms in total. The van der Waals surface area contributed by atoms with Crippen LogP contribution in [0.1, 0.15) is 10.4 Å². The van der Waals surface area contributed by atoms with E-state index in [0.717, 1.165) is 0 Å². The molecule has 0 atom stereocenters. The van der Waals surface area contributed by atoms with Crippen LogP contribution in [0.4, 0.5) is 5.69 Å². The van der Waals surface area contributed by atoms with Crippen LogP contribution in [-0.2, 0) is 14.3 Å². The van der Waals surface area contributed by atoms with Crippen molar-refractivity contribution in [3.05, 3.63) is 23.8 Å². The van der Waals surface area contributed by atoms with Gasteiger partial charge in [-0.1, -0.05) is 0 Å². The molecule has 0 spiro atoms. The largest absolute Gasteiger partial charge is 0.465 e. The van der Waals surface area contributed by atoms with Crippen molar-refractivity contribution >= 4 is 17.6 Å². The number of amides is 1. The molecular weight excluding hydrogens is 252 g/mol. The first-order valence-corrected chi connectivity index (χ1v) is 5.46. The number of hydrogen-bond donors (Lipinski definition) is 2. The van der Waals surface area contributed by atoms with Gasteiger partial charge in [0.25, 0.3) is 0 Å². The fourth-order valence-corrected chi connectivity index (χ4v) is 1.31. The Morgan fingerprint density at radius 1 is 1.32 bits per heavy atom. The molecule has 0 aliphatic heterocycles. The Morgan fingerprint density at radius 2 is 2.05 bits per heavy atom. The molecule has 0 unspecified atom stereocenters. The molecule has 7 heteroatoms. The molecule has 1 rings (SSSR count). The van der Waals surface area contributed by atoms with Crippen molar-refractivity contribution in [1.82, 2.24) is 0 Å². The Balaban J connectivity index is 3.01. The van der Waals surface area contributed by atoms with Gasteiger partial charge in [0.1, 0.15) is 5.75 Å². The molecule has 0 bridgehead atoms. The minimum absolute atomic E-state index is 0.0177. The van der Waals surface area contributed by atoms with Crippen LogP contribution in [0, 0.1) is 0 Å². The summed E-state index contributed by atoms with van der Waals surface area (Å²) >= 11 is 0. The summed E-state index contributed by atoms with van der Waals surface area (Å²) in [5.41, 5.74) is 5.93. The number of methoxy groups -OCH3 is 2. The second-order valence-corrected chi connectivity index (χ2v) is 3.51. The van der Waals surface area contributed by atoms with E-state index in [9.17, 15) is 9.59 Å². The molecule has 1 aromatic rings. The van der Waals surface area contributed by atoms with Gasteiger partial charge in [-0.3, -0.25) is 4.79 Å². The van der Waals surface area contributed by atoms with Crippen LogP contribution in [0.5, 0.6) is 5.75 Å². The fourth-order valence-electron chi connectivity index (χ4n) is 1.31. The van der Waals surface area contributed by atoms with Crippen LogP contribution in [0.3, 0.4) is 0 Å². The van der Waals surface area contributed by atoms with E-state index in [0.29, 0.717) is 17.0 Å². The number of esters is 1. The Morgan fingerprint density at radius 3 is 2.63 bits per heavy atom. The van der Waals surface area contributed by atoms with Crippen molar-refractivity contribution in [1.29, 1.82) is 0 Å². The zero-order valence-corrected chi connectivity index (χ0v) is 10.8. The Hall–Kier alpha value is -2.12. The summed E-state index contributed by atoms with van der Waals surface area (Å²) in [6, 6.07) is 4.50. The summed E-state index contributed by atoms with van der Waals surface area (Å²) < 4.78 is 14.7. The fraction of sp³-hybridized carbons (Fsp3) is 0.333. The van der Waals surface area contributed by atoms with Gasteiger partial charge in [0.15, 0.2) is 6.79 Å². The van der Waals surface area contributed by atoms with Crippen molar-refractivity contribution in [3.8, 4) is 5.75 Å². The van der Waals surface area contributed by atoms with E-state index in [-0.39, 0.29) is 19.2 Å². The first-order valence-electron chi connectivity index (χ1n) is 5.46. The van der Waals surface area contributed by atoms with Crippen molar-refractivity contribution < 1.29 is 23.8 Å². The molecule has 0 aliphatic rings. The first-order chi connectivity index (χ1) is 9.12. The summed E-state index contributed by atoms with van der Waals surface area (Å²) in [4.78, 5) is 22.7. The lowest BCUT2D eigenvalue weighted by atomic mass is 10.2. The van der Waals surface area contributed by atoms with E-state index in [4.69, 9.17) is 15.2 Å². The maximum Gasteiger partial charge on any atom is 0.337 e. The van der Waals surface area contributed by atoms with Crippen LogP contribution >= 0.6 is 0 Å². The summed E-state index contributed by atoms with van der Waals surface area (Å²) in [7, 11) is 2.74. The molecular formula is C12H16N2O5. The lowest BCUT2D eigenvalue weighted by molar-refractivity contribution is -0.114. The van der Waals surface area contributed by atoms with Gasteiger partial charge in [-0.25, -0.2) is 4.79 Å². The van der Waals surface area contributed by atoms with Crippen LogP contribution in [0.15, 0.2) is 18.2 Å². The molecule has 0 saturated heterocycles. The highest BCUT2D eigenvalue weighted by molar-refractivity contribution is 5.95. The standard InChI is InChI=1S/C12H16N2O5/c1-17-7-19-10-5-8(12(16)18-2)3-4-9(10)14-11(15)6-13/h3-5H,6-7,13H2,1-2H3,(H,14,15). The maximum atomic E-state index is 11.4. The number of hydrogen-bond acceptors (Lipinski definition) is 6. The second-order valence-electron chi connectivity index (χ2n) is 3.51. The number of benzene rings is 1. The molecule has 3 N–H and O–H groups in total. The molecule has 104 valence electrons. The molecule has 0 aliphatic carbocycles. The summed E-state index contributed by atoms with van der Waals surface area (Å²) in [6.45, 7) is -0.168. The predicted octanol–water partition coefficient (Wildman–Crippen LogP) is 0.353. The van der Waals surface area contributed by atoms with Crippen LogP contribution in [-0.4, -0.2) is 39.4 Å². The zero-order valence-electron chi connectivity index (χ0n) is 10.8. The number of ether oxygens (including phenoxy) is 3. The van der Waals surface area contributed by atoms with Gasteiger partial charge in [-0.15, -0.1) is 0 Å². The number of carbonyl (C=O) groups is 2. The lowest BCUT2D eigenvalue weighted by Gasteiger charge is -2.12. The number of carbonyl (C=O) groups excluding carboxylic acids is 2. The van der Waals surface area contributed by atoms with E-state index in [2.05, 4.69) is 10.1 Å². The summed E-state index contributed by atoms with van der Waals surface area (Å²) in [5, 5.41) is 2.56. The molecule has 0 saturated carbocycles. The topological polar surface area (TPSA) is 99.9 Å². The lowest BCUT2D eigenvalue weighted by Crippen LogP contribution is -2.22. The molecule has 0 radical (unpaired) electrons. The van der Waals surface area contributed by atoms with Gasteiger partial charge in [0, 0.05) is 7.11 Å². The average Bonchev–Trinajstić information content (AvgIpc) is 2.45. The van der Waals surface area contributed by atoms with Crippen LogP contribution < -0.4 is 15.8 Å². The minimum Gasteiger partial charge on any atom is -0.465 e. The van der Waals surface area contributed by atoms with Gasteiger partial charge in [-0.2, -0.15) is 0 Å². The maximum absolute atomic E-state index is 11.4. The number of anilines is 1. The minimum atomic E-state index is -0.501. The Labute approximate surface area is 110 Å². The van der Waals surface area contributed by atoms with Gasteiger partial charge >= 0.3 is 5.97 Å². The SMILES string of the molecule is COCOc1cc(C(=O)OC)ccc1NC(=O)CN. The second kappa shape index (κ2) is 7.34. The molecule has 0 heterocycles. The third kappa shape index (κ3) is 4.23. The number of nitrogens with two attached hydrogens (primary N) is 1. The monoisotopic (exact) mass is 268 g/mol. The van der Waals surface area contributed by atoms with Gasteiger partial charge in [0.2, 0.25) is 5.91 Å². The van der Waals surface area contributed by atoms with E-state index in [1.165, 1.54) is 32.4 Å². The first kappa shape index (κ1) is 14.9. The summed E-state index contributed by atoms with van der Waals surface area (Å²) in [5.74, 6) is -0.571. The highest BCUT2D eigenvalue weighted by Gasteiger charge is 2.12. The zero-order chi connectivity index (χ0) is 14.3. The quantitative estimate of drug-likeness (QED) is 0.570. The van der Waals surface area contributed by atoms with E-state index in [1.807, 2.05) is 0 Å². The Kier molecular flexibility index (Phi) is 5.77. The van der Waals surface area contributed by atoms with E-state index in [1.54, 1.807) is 0 Å². The molecule has 1 amide bonds.